The van der Waals surface area contributed by atoms with Gasteiger partial charge < -0.3 is 46.6 Å². The van der Waals surface area contributed by atoms with Crippen molar-refractivity contribution >= 4 is 29.6 Å². The average Bonchev–Trinajstić information content (AvgIpc) is 3.65. The number of aliphatic carboxylic acids is 1. The summed E-state index contributed by atoms with van der Waals surface area (Å²) in [5.74, 6) is -4.12. The van der Waals surface area contributed by atoms with Gasteiger partial charge in [-0.15, -0.1) is 0 Å². The highest BCUT2D eigenvalue weighted by Crippen LogP contribution is 2.25. The minimum atomic E-state index is -1.57. The maximum absolute atomic E-state index is 14.4. The number of nitrogens with two attached hydrogens (primary N) is 1. The molecule has 54 heavy (non-hydrogen) atoms. The lowest BCUT2D eigenvalue weighted by molar-refractivity contribution is -0.151. The maximum Gasteiger partial charge on any atom is 0.326 e. The molecule has 2 aromatic rings. The molecule has 1 aliphatic heterocycles. The molecular weight excluding hydrogens is 694 g/mol. The molecule has 1 saturated heterocycles. The first-order valence-electron chi connectivity index (χ1n) is 19.1. The van der Waals surface area contributed by atoms with Gasteiger partial charge in [0.15, 0.2) is 0 Å². The summed E-state index contributed by atoms with van der Waals surface area (Å²) in [5, 5.41) is 45.4. The molecular formula is C40H59N5O9. The number of carbonyl (C=O) groups excluding carboxylic acids is 4. The molecule has 14 heteroatoms. The second-order valence-electron chi connectivity index (χ2n) is 14.5. The normalized spacial score (nSPS) is 17.4. The van der Waals surface area contributed by atoms with Gasteiger partial charge in [-0.1, -0.05) is 83.6 Å². The van der Waals surface area contributed by atoms with E-state index < -0.39 is 65.9 Å². The lowest BCUT2D eigenvalue weighted by atomic mass is 9.94. The van der Waals surface area contributed by atoms with Gasteiger partial charge in [0.1, 0.15) is 41.8 Å². The van der Waals surface area contributed by atoms with Crippen molar-refractivity contribution < 1.29 is 44.4 Å². The topological polar surface area (TPSA) is 223 Å². The molecule has 0 aliphatic carbocycles. The Balaban J connectivity index is 1.82. The molecule has 0 bridgehead atoms. The first-order valence-corrected chi connectivity index (χ1v) is 19.1. The van der Waals surface area contributed by atoms with Gasteiger partial charge in [-0.05, 0) is 60.6 Å². The predicted molar refractivity (Wildman–Crippen MR) is 203 cm³/mol. The van der Waals surface area contributed by atoms with Crippen molar-refractivity contribution in [3.05, 3.63) is 59.7 Å². The molecule has 0 unspecified atom stereocenters. The second-order valence-corrected chi connectivity index (χ2v) is 14.5. The fraction of sp³-hybridized carbons (Fsp3) is 0.575. The number of rotatable bonds is 21. The number of carboxylic acids is 1. The molecule has 1 aliphatic rings. The second kappa shape index (κ2) is 21.3. The Morgan fingerprint density at radius 2 is 1.43 bits per heavy atom. The van der Waals surface area contributed by atoms with E-state index in [2.05, 4.69) is 17.6 Å². The van der Waals surface area contributed by atoms with Crippen LogP contribution in [0.4, 0.5) is 0 Å². The first-order chi connectivity index (χ1) is 25.7. The Labute approximate surface area is 318 Å². The van der Waals surface area contributed by atoms with E-state index in [4.69, 9.17) is 5.73 Å². The van der Waals surface area contributed by atoms with E-state index in [1.807, 2.05) is 13.8 Å². The predicted octanol–water partition coefficient (Wildman–Crippen LogP) is 2.85. The Morgan fingerprint density at radius 1 is 0.870 bits per heavy atom. The summed E-state index contributed by atoms with van der Waals surface area (Å²) < 4.78 is 0. The summed E-state index contributed by atoms with van der Waals surface area (Å²) in [6, 6.07) is 6.74. The van der Waals surface area contributed by atoms with Gasteiger partial charge in [0, 0.05) is 32.5 Å². The van der Waals surface area contributed by atoms with E-state index in [-0.39, 0.29) is 36.8 Å². The zero-order valence-electron chi connectivity index (χ0n) is 31.9. The van der Waals surface area contributed by atoms with Crippen LogP contribution in [0.2, 0.25) is 0 Å². The van der Waals surface area contributed by atoms with E-state index in [0.717, 1.165) is 32.1 Å². The Bertz CT molecular complexity index is 1540. The molecule has 1 heterocycles. The molecule has 0 aromatic heterocycles. The van der Waals surface area contributed by atoms with Gasteiger partial charge in [0.05, 0.1) is 0 Å². The van der Waals surface area contributed by atoms with Crippen LogP contribution in [-0.4, -0.2) is 110 Å². The summed E-state index contributed by atoms with van der Waals surface area (Å²) in [7, 11) is 1.47. The number of hydrogen-bond donors (Lipinski definition) is 7. The van der Waals surface area contributed by atoms with Crippen LogP contribution in [0.5, 0.6) is 11.5 Å². The monoisotopic (exact) mass is 753 g/mol. The molecule has 0 radical (unpaired) electrons. The molecule has 298 valence electrons. The number of aromatic hydroxyl groups is 2. The third-order valence-corrected chi connectivity index (χ3v) is 10.3. The van der Waals surface area contributed by atoms with Crippen LogP contribution in [0, 0.1) is 5.92 Å². The van der Waals surface area contributed by atoms with Crippen molar-refractivity contribution in [2.45, 2.75) is 128 Å². The van der Waals surface area contributed by atoms with Crippen molar-refractivity contribution in [2.75, 3.05) is 13.6 Å². The molecule has 14 nitrogen and oxygen atoms in total. The third-order valence-electron chi connectivity index (χ3n) is 10.3. The summed E-state index contributed by atoms with van der Waals surface area (Å²) in [4.78, 5) is 70.5. The number of likely N-dealkylation sites (tertiary alicyclic amines) is 1. The van der Waals surface area contributed by atoms with E-state index in [9.17, 15) is 44.4 Å². The number of amides is 4. The summed E-state index contributed by atoms with van der Waals surface area (Å²) in [6.07, 6.45) is 4.94. The quantitative estimate of drug-likeness (QED) is 0.0924. The Hall–Kier alpha value is -4.69. The van der Waals surface area contributed by atoms with E-state index in [1.54, 1.807) is 24.3 Å². The SMILES string of the molecule is CCCCCCC[C@@H](N)[C@H](O)C(=O)N[C@@H](Cc1ccc(O)cc1)C(=O)N(C)[C@H](C(=O)N1CCC[C@@H]1C(=O)N[C@@H](Cc1ccc(O)cc1)C(=O)O)[C@@H](C)CC. The summed E-state index contributed by atoms with van der Waals surface area (Å²) >= 11 is 0. The van der Waals surface area contributed by atoms with Crippen LogP contribution in [0.15, 0.2) is 48.5 Å². The van der Waals surface area contributed by atoms with Crippen molar-refractivity contribution in [2.24, 2.45) is 11.7 Å². The molecule has 0 saturated carbocycles. The number of benzene rings is 2. The molecule has 2 aromatic carbocycles. The first kappa shape index (κ1) is 43.7. The number of phenolic OH excluding ortho intramolecular Hbond substituents is 2. The van der Waals surface area contributed by atoms with Crippen LogP contribution in [0.1, 0.15) is 89.7 Å². The molecule has 0 spiro atoms. The molecule has 1 fully saturated rings. The molecule has 8 N–H and O–H groups in total. The number of likely N-dealkylation sites (N-methyl/N-ethyl adjacent to an activating group) is 1. The number of nitrogens with one attached hydrogen (secondary N) is 2. The Kier molecular flexibility index (Phi) is 17.2. The van der Waals surface area contributed by atoms with Crippen LogP contribution < -0.4 is 16.4 Å². The largest absolute Gasteiger partial charge is 0.508 e. The van der Waals surface area contributed by atoms with Crippen LogP contribution >= 0.6 is 0 Å². The van der Waals surface area contributed by atoms with Gasteiger partial charge in [0.2, 0.25) is 17.7 Å². The minimum Gasteiger partial charge on any atom is -0.508 e. The van der Waals surface area contributed by atoms with Crippen molar-refractivity contribution in [1.29, 1.82) is 0 Å². The fourth-order valence-corrected chi connectivity index (χ4v) is 6.87. The van der Waals surface area contributed by atoms with Crippen LogP contribution in [-0.2, 0) is 36.8 Å². The highest BCUT2D eigenvalue weighted by atomic mass is 16.4. The standard InChI is InChI=1S/C40H59N5O9/c1-5-7-8-9-10-12-30(41)35(48)37(50)42-31(23-26-14-18-28(46)19-15-26)38(51)44(4)34(25(3)6-2)39(52)45-22-11-13-33(45)36(49)43-32(40(53)54)24-27-16-20-29(47)21-17-27/h14-21,25,30-35,46-48H,5-13,22-24,41H2,1-4H3,(H,42,50)(H,43,49)(H,53,54)/t25-,30+,31-,32-,33+,34-,35-/m0/s1. The fourth-order valence-electron chi connectivity index (χ4n) is 6.87. The number of nitrogens with zero attached hydrogens (tertiary/aromatic N) is 2. The van der Waals surface area contributed by atoms with Crippen LogP contribution in [0.3, 0.4) is 0 Å². The van der Waals surface area contributed by atoms with Gasteiger partial charge >= 0.3 is 5.97 Å². The van der Waals surface area contributed by atoms with Crippen molar-refractivity contribution in [3.8, 4) is 11.5 Å². The number of phenols is 2. The zero-order valence-corrected chi connectivity index (χ0v) is 31.9. The highest BCUT2D eigenvalue weighted by molar-refractivity contribution is 5.96. The molecule has 3 rings (SSSR count). The number of aliphatic hydroxyl groups is 1. The third kappa shape index (κ3) is 12.4. The number of unbranched alkanes of at least 4 members (excludes halogenated alkanes) is 4. The van der Waals surface area contributed by atoms with E-state index in [0.29, 0.717) is 36.8 Å². The van der Waals surface area contributed by atoms with Gasteiger partial charge in [-0.2, -0.15) is 0 Å². The number of carboxylic acid groups (broad SMARTS) is 1. The maximum atomic E-state index is 14.4. The van der Waals surface area contributed by atoms with Gasteiger partial charge in [-0.3, -0.25) is 19.2 Å². The van der Waals surface area contributed by atoms with Gasteiger partial charge in [0.25, 0.3) is 5.91 Å². The summed E-state index contributed by atoms with van der Waals surface area (Å²) in [6.45, 7) is 6.01. The number of aliphatic hydroxyl groups excluding tert-OH is 1. The smallest absolute Gasteiger partial charge is 0.326 e. The average molecular weight is 754 g/mol. The summed E-state index contributed by atoms with van der Waals surface area (Å²) in [5.41, 5.74) is 7.39. The highest BCUT2D eigenvalue weighted by Gasteiger charge is 2.43. The molecule has 4 amide bonds. The van der Waals surface area contributed by atoms with Crippen molar-refractivity contribution in [1.82, 2.24) is 20.4 Å². The van der Waals surface area contributed by atoms with Crippen LogP contribution in [0.25, 0.3) is 0 Å². The number of carbonyl (C=O) groups is 5. The lowest BCUT2D eigenvalue weighted by Crippen LogP contribution is -2.60. The zero-order chi connectivity index (χ0) is 39.9. The molecule has 7 atom stereocenters. The lowest BCUT2D eigenvalue weighted by Gasteiger charge is -2.38. The van der Waals surface area contributed by atoms with E-state index >= 15 is 0 Å². The van der Waals surface area contributed by atoms with E-state index in [1.165, 1.54) is 41.1 Å². The Morgan fingerprint density at radius 3 is 1.96 bits per heavy atom. The minimum absolute atomic E-state index is 0.0120. The van der Waals surface area contributed by atoms with Crippen molar-refractivity contribution in [3.63, 3.8) is 0 Å². The van der Waals surface area contributed by atoms with Gasteiger partial charge in [-0.25, -0.2) is 4.79 Å². The number of hydrogen-bond acceptors (Lipinski definition) is 9.